The molecule has 2 amide bonds. The van der Waals surface area contributed by atoms with Crippen LogP contribution in [0.5, 0.6) is 5.75 Å². The van der Waals surface area contributed by atoms with E-state index < -0.39 is 30.6 Å². The van der Waals surface area contributed by atoms with E-state index in [1.807, 2.05) is 0 Å². The maximum Gasteiger partial charge on any atom is 0.412 e. The first-order chi connectivity index (χ1) is 15.7. The largest absolute Gasteiger partial charge is 0.482 e. The van der Waals surface area contributed by atoms with Gasteiger partial charge in [0.2, 0.25) is 0 Å². The lowest BCUT2D eigenvalue weighted by molar-refractivity contribution is -0.139. The first-order valence-electron chi connectivity index (χ1n) is 9.74. The van der Waals surface area contributed by atoms with Gasteiger partial charge in [-0.3, -0.25) is 20.3 Å². The second kappa shape index (κ2) is 12.0. The van der Waals surface area contributed by atoms with Gasteiger partial charge in [0.1, 0.15) is 18.2 Å². The summed E-state index contributed by atoms with van der Waals surface area (Å²) in [7, 11) is 0. The number of rotatable bonds is 10. The molecule has 2 aromatic carbocycles. The first kappa shape index (κ1) is 25.0. The number of hydrogen-bond donors (Lipinski definition) is 5. The molecular weight excluding hydrogens is 434 g/mol. The van der Waals surface area contributed by atoms with Crippen LogP contribution >= 0.6 is 0 Å². The van der Waals surface area contributed by atoms with Crippen molar-refractivity contribution in [3.05, 3.63) is 65.2 Å². The zero-order valence-electron chi connectivity index (χ0n) is 17.7. The number of carboxylic acids is 1. The molecule has 11 heteroatoms. The highest BCUT2D eigenvalue weighted by Gasteiger charge is 2.19. The lowest BCUT2D eigenvalue weighted by Crippen LogP contribution is -2.38. The fourth-order valence-corrected chi connectivity index (χ4v) is 2.59. The normalized spacial score (nSPS) is 11.1. The number of carboxylic acid groups (broad SMARTS) is 1. The Morgan fingerprint density at radius 3 is 2.12 bits per heavy atom. The predicted octanol–water partition coefficient (Wildman–Crippen LogP) is 1.20. The van der Waals surface area contributed by atoms with E-state index in [9.17, 15) is 19.2 Å². The van der Waals surface area contributed by atoms with Gasteiger partial charge in [-0.2, -0.15) is 0 Å². The number of aliphatic hydroxyl groups excluding tert-OH is 1. The van der Waals surface area contributed by atoms with Crippen molar-refractivity contribution in [1.82, 2.24) is 10.6 Å². The number of carbonyl (C=O) groups excluding carboxylic acids is 3. The average molecular weight is 457 g/mol. The third-order valence-electron chi connectivity index (χ3n) is 4.23. The Labute approximate surface area is 188 Å². The summed E-state index contributed by atoms with van der Waals surface area (Å²) in [4.78, 5) is 47.0. The Kier molecular flexibility index (Phi) is 9.06. The van der Waals surface area contributed by atoms with Crippen molar-refractivity contribution in [1.29, 1.82) is 5.41 Å². The van der Waals surface area contributed by atoms with Crippen molar-refractivity contribution in [2.75, 3.05) is 19.8 Å². The number of amides is 2. The Morgan fingerprint density at radius 1 is 0.970 bits per heavy atom. The van der Waals surface area contributed by atoms with Crippen LogP contribution in [0.2, 0.25) is 0 Å². The molecule has 11 nitrogen and oxygen atoms in total. The zero-order valence-corrected chi connectivity index (χ0v) is 17.7. The van der Waals surface area contributed by atoms with E-state index in [0.717, 1.165) is 0 Å². The molecule has 0 heterocycles. The lowest BCUT2D eigenvalue weighted by Gasteiger charge is -2.14. The molecule has 2 rings (SSSR count). The summed E-state index contributed by atoms with van der Waals surface area (Å²) in [6.45, 7) is 0.499. The van der Waals surface area contributed by atoms with Crippen LogP contribution in [0, 0.1) is 5.41 Å². The Hall–Kier alpha value is -4.25. The van der Waals surface area contributed by atoms with Crippen LogP contribution in [-0.4, -0.2) is 65.7 Å². The number of aliphatic hydroxyl groups is 1. The van der Waals surface area contributed by atoms with Gasteiger partial charge in [-0.25, -0.2) is 9.59 Å². The SMILES string of the molecule is C[C@H](NC(=O)c1ccc(C(=N)NC(=O)OCCO)cc1)C(=O)c1ccc(OCC(=O)O)cc1. The molecule has 0 saturated heterocycles. The molecule has 174 valence electrons. The minimum atomic E-state index is -1.12. The van der Waals surface area contributed by atoms with Crippen molar-refractivity contribution >= 4 is 29.6 Å². The van der Waals surface area contributed by atoms with E-state index in [0.29, 0.717) is 16.9 Å². The topological polar surface area (TPSA) is 175 Å². The molecule has 0 radical (unpaired) electrons. The number of ether oxygens (including phenoxy) is 2. The van der Waals surface area contributed by atoms with Crippen LogP contribution in [-0.2, 0) is 9.53 Å². The van der Waals surface area contributed by atoms with Gasteiger partial charge >= 0.3 is 12.1 Å². The zero-order chi connectivity index (χ0) is 24.4. The van der Waals surface area contributed by atoms with Crippen LogP contribution in [0.1, 0.15) is 33.2 Å². The van der Waals surface area contributed by atoms with Gasteiger partial charge in [0.15, 0.2) is 12.4 Å². The summed E-state index contributed by atoms with van der Waals surface area (Å²) >= 11 is 0. The van der Waals surface area contributed by atoms with Crippen molar-refractivity contribution in [2.45, 2.75) is 13.0 Å². The molecule has 0 spiro atoms. The van der Waals surface area contributed by atoms with Gasteiger partial charge in [0, 0.05) is 16.7 Å². The Balaban J connectivity index is 1.93. The summed E-state index contributed by atoms with van der Waals surface area (Å²) in [6.07, 6.45) is -0.885. The molecule has 2 aromatic rings. The fraction of sp³-hybridized carbons (Fsp3) is 0.227. The minimum Gasteiger partial charge on any atom is -0.482 e. The summed E-state index contributed by atoms with van der Waals surface area (Å²) < 4.78 is 9.62. The number of benzene rings is 2. The van der Waals surface area contributed by atoms with Crippen LogP contribution in [0.15, 0.2) is 48.5 Å². The highest BCUT2D eigenvalue weighted by molar-refractivity contribution is 6.06. The van der Waals surface area contributed by atoms with Crippen LogP contribution in [0.25, 0.3) is 0 Å². The first-order valence-corrected chi connectivity index (χ1v) is 9.74. The number of ketones is 1. The molecule has 1 atom stereocenters. The summed E-state index contributed by atoms with van der Waals surface area (Å²) in [6, 6.07) is 10.8. The highest BCUT2D eigenvalue weighted by Crippen LogP contribution is 2.14. The summed E-state index contributed by atoms with van der Waals surface area (Å²) in [5, 5.41) is 29.9. The maximum atomic E-state index is 12.6. The molecule has 0 aromatic heterocycles. The van der Waals surface area contributed by atoms with E-state index in [-0.39, 0.29) is 30.4 Å². The fourth-order valence-electron chi connectivity index (χ4n) is 2.59. The van der Waals surface area contributed by atoms with Crippen LogP contribution < -0.4 is 15.4 Å². The molecule has 5 N–H and O–H groups in total. The van der Waals surface area contributed by atoms with E-state index in [4.69, 9.17) is 20.4 Å². The smallest absolute Gasteiger partial charge is 0.412 e. The van der Waals surface area contributed by atoms with E-state index in [2.05, 4.69) is 15.4 Å². The molecule has 0 aliphatic carbocycles. The Bertz CT molecular complexity index is 1020. The number of nitrogens with one attached hydrogen (secondary N) is 3. The number of hydrogen-bond acceptors (Lipinski definition) is 8. The van der Waals surface area contributed by atoms with E-state index in [1.54, 1.807) is 0 Å². The molecular formula is C22H23N3O8. The third-order valence-corrected chi connectivity index (χ3v) is 4.23. The number of Topliss-reactive ketones (excluding diaryl/α,β-unsaturated/α-hetero) is 1. The van der Waals surface area contributed by atoms with Crippen LogP contribution in [0.3, 0.4) is 0 Å². The standard InChI is InChI=1S/C22H23N3O8/c1-13(19(29)14-6-8-17(9-7-14)33-12-18(27)28)24-21(30)16-4-2-15(3-5-16)20(23)25-22(31)32-11-10-26/h2-9,13,26H,10-12H2,1H3,(H,24,30)(H,27,28)(H2,23,25,31)/t13-/m0/s1. The maximum absolute atomic E-state index is 12.6. The van der Waals surface area contributed by atoms with Crippen LogP contribution in [0.4, 0.5) is 4.79 Å². The lowest BCUT2D eigenvalue weighted by atomic mass is 10.0. The van der Waals surface area contributed by atoms with Gasteiger partial charge < -0.3 is 25.0 Å². The van der Waals surface area contributed by atoms with E-state index >= 15 is 0 Å². The quantitative estimate of drug-likeness (QED) is 0.201. The third kappa shape index (κ3) is 7.74. The van der Waals surface area contributed by atoms with Gasteiger partial charge in [0.25, 0.3) is 5.91 Å². The van der Waals surface area contributed by atoms with Crippen molar-refractivity contribution in [2.24, 2.45) is 0 Å². The summed E-state index contributed by atoms with van der Waals surface area (Å²) in [5.74, 6) is -1.92. The predicted molar refractivity (Wildman–Crippen MR) is 116 cm³/mol. The second-order valence-electron chi connectivity index (χ2n) is 6.70. The molecule has 0 unspecified atom stereocenters. The Morgan fingerprint density at radius 2 is 1.55 bits per heavy atom. The second-order valence-corrected chi connectivity index (χ2v) is 6.70. The van der Waals surface area contributed by atoms with Gasteiger partial charge in [-0.1, -0.05) is 12.1 Å². The number of alkyl carbamates (subject to hydrolysis) is 1. The minimum absolute atomic E-state index is 0.197. The van der Waals surface area contributed by atoms with Crippen molar-refractivity contribution in [3.8, 4) is 5.75 Å². The van der Waals surface area contributed by atoms with Crippen molar-refractivity contribution < 1.29 is 38.9 Å². The number of carbonyl (C=O) groups is 4. The molecule has 0 saturated carbocycles. The molecule has 0 bridgehead atoms. The average Bonchev–Trinajstić information content (AvgIpc) is 2.81. The molecule has 0 fully saturated rings. The van der Waals surface area contributed by atoms with Crippen molar-refractivity contribution in [3.63, 3.8) is 0 Å². The summed E-state index contributed by atoms with van der Waals surface area (Å²) in [5.41, 5.74) is 0.877. The van der Waals surface area contributed by atoms with Gasteiger partial charge in [-0.15, -0.1) is 0 Å². The number of aliphatic carboxylic acids is 1. The van der Waals surface area contributed by atoms with Gasteiger partial charge in [0.05, 0.1) is 12.6 Å². The van der Waals surface area contributed by atoms with E-state index in [1.165, 1.54) is 55.5 Å². The molecule has 0 aliphatic heterocycles. The van der Waals surface area contributed by atoms with Gasteiger partial charge in [-0.05, 0) is 43.3 Å². The molecule has 33 heavy (non-hydrogen) atoms. The number of amidine groups is 1. The monoisotopic (exact) mass is 457 g/mol. The highest BCUT2D eigenvalue weighted by atomic mass is 16.6. The molecule has 0 aliphatic rings.